The normalized spacial score (nSPS) is 11.7. The third-order valence-corrected chi connectivity index (χ3v) is 4.40. The van der Waals surface area contributed by atoms with Gasteiger partial charge in [0.15, 0.2) is 5.11 Å². The van der Waals surface area contributed by atoms with Crippen molar-refractivity contribution in [3.63, 3.8) is 0 Å². The summed E-state index contributed by atoms with van der Waals surface area (Å²) in [5.41, 5.74) is 2.15. The van der Waals surface area contributed by atoms with Crippen LogP contribution < -0.4 is 10.6 Å². The lowest BCUT2D eigenvalue weighted by molar-refractivity contribution is 0.0981. The SMILES string of the molecule is CC[C@@H](C)c1ccccc1NC(=S)NC(=O)c1cccs1. The van der Waals surface area contributed by atoms with Crippen LogP contribution in [0.2, 0.25) is 0 Å². The predicted octanol–water partition coefficient (Wildman–Crippen LogP) is 4.39. The molecular formula is C16H18N2OS2. The van der Waals surface area contributed by atoms with Crippen LogP contribution in [0.1, 0.15) is 41.4 Å². The molecule has 1 heterocycles. The van der Waals surface area contributed by atoms with E-state index in [1.165, 1.54) is 16.9 Å². The first kappa shape index (κ1) is 15.7. The van der Waals surface area contributed by atoms with Crippen molar-refractivity contribution in [1.29, 1.82) is 0 Å². The number of carbonyl (C=O) groups excluding carboxylic acids is 1. The molecule has 0 unspecified atom stereocenters. The highest BCUT2D eigenvalue weighted by molar-refractivity contribution is 7.80. The van der Waals surface area contributed by atoms with E-state index in [9.17, 15) is 4.79 Å². The second-order valence-corrected chi connectivity index (χ2v) is 6.14. The van der Waals surface area contributed by atoms with E-state index in [-0.39, 0.29) is 5.91 Å². The largest absolute Gasteiger partial charge is 0.332 e. The van der Waals surface area contributed by atoms with Crippen molar-refractivity contribution < 1.29 is 4.79 Å². The number of thiocarbonyl (C=S) groups is 1. The Morgan fingerprint density at radius 3 is 2.71 bits per heavy atom. The fourth-order valence-corrected chi connectivity index (χ4v) is 2.81. The van der Waals surface area contributed by atoms with Crippen LogP contribution in [0.15, 0.2) is 41.8 Å². The van der Waals surface area contributed by atoms with E-state index >= 15 is 0 Å². The highest BCUT2D eigenvalue weighted by Crippen LogP contribution is 2.26. The number of para-hydroxylation sites is 1. The first-order valence-corrected chi connectivity index (χ1v) is 8.15. The van der Waals surface area contributed by atoms with Gasteiger partial charge in [-0.3, -0.25) is 10.1 Å². The molecule has 0 fully saturated rings. The Bertz CT molecular complexity index is 623. The molecule has 21 heavy (non-hydrogen) atoms. The summed E-state index contributed by atoms with van der Waals surface area (Å²) in [6.07, 6.45) is 1.05. The number of amides is 1. The number of hydrogen-bond acceptors (Lipinski definition) is 3. The highest BCUT2D eigenvalue weighted by atomic mass is 32.1. The van der Waals surface area contributed by atoms with E-state index in [4.69, 9.17) is 12.2 Å². The summed E-state index contributed by atoms with van der Waals surface area (Å²) in [6, 6.07) is 11.6. The fraction of sp³-hybridized carbons (Fsp3) is 0.250. The topological polar surface area (TPSA) is 41.1 Å². The van der Waals surface area contributed by atoms with E-state index in [1.807, 2.05) is 29.6 Å². The van der Waals surface area contributed by atoms with Crippen molar-refractivity contribution >= 4 is 40.3 Å². The van der Waals surface area contributed by atoms with Crippen LogP contribution in [-0.2, 0) is 0 Å². The first-order chi connectivity index (χ1) is 10.1. The smallest absolute Gasteiger partial charge is 0.267 e. The van der Waals surface area contributed by atoms with Gasteiger partial charge in [-0.05, 0) is 47.6 Å². The Morgan fingerprint density at radius 1 is 1.29 bits per heavy atom. The molecule has 2 rings (SSSR count). The molecule has 2 N–H and O–H groups in total. The third-order valence-electron chi connectivity index (χ3n) is 3.32. The summed E-state index contributed by atoms with van der Waals surface area (Å²) in [5, 5.41) is 8.02. The third kappa shape index (κ3) is 4.12. The maximum Gasteiger partial charge on any atom is 0.267 e. The van der Waals surface area contributed by atoms with Gasteiger partial charge in [0.1, 0.15) is 0 Å². The Balaban J connectivity index is 2.05. The second-order valence-electron chi connectivity index (χ2n) is 4.78. The van der Waals surface area contributed by atoms with Crippen molar-refractivity contribution in [2.75, 3.05) is 5.32 Å². The van der Waals surface area contributed by atoms with Gasteiger partial charge in [0, 0.05) is 5.69 Å². The van der Waals surface area contributed by atoms with Crippen molar-refractivity contribution in [2.45, 2.75) is 26.2 Å². The lowest BCUT2D eigenvalue weighted by atomic mass is 9.97. The Kier molecular flexibility index (Phi) is 5.47. The van der Waals surface area contributed by atoms with Gasteiger partial charge >= 0.3 is 0 Å². The number of thiophene rings is 1. The minimum atomic E-state index is -0.177. The second kappa shape index (κ2) is 7.33. The molecule has 0 spiro atoms. The van der Waals surface area contributed by atoms with Crippen LogP contribution in [0.4, 0.5) is 5.69 Å². The van der Waals surface area contributed by atoms with E-state index < -0.39 is 0 Å². The maximum atomic E-state index is 12.0. The number of nitrogens with one attached hydrogen (secondary N) is 2. The zero-order valence-electron chi connectivity index (χ0n) is 12.1. The minimum Gasteiger partial charge on any atom is -0.332 e. The summed E-state index contributed by atoms with van der Waals surface area (Å²) in [4.78, 5) is 12.6. The summed E-state index contributed by atoms with van der Waals surface area (Å²) in [6.45, 7) is 4.33. The molecule has 2 aromatic rings. The van der Waals surface area contributed by atoms with Gasteiger partial charge in [-0.1, -0.05) is 38.1 Å². The van der Waals surface area contributed by atoms with Crippen LogP contribution in [0.3, 0.4) is 0 Å². The van der Waals surface area contributed by atoms with Crippen molar-refractivity contribution in [3.05, 3.63) is 52.2 Å². The van der Waals surface area contributed by atoms with Crippen LogP contribution >= 0.6 is 23.6 Å². The molecule has 1 atom stereocenters. The molecule has 0 aliphatic heterocycles. The summed E-state index contributed by atoms with van der Waals surface area (Å²) < 4.78 is 0. The Morgan fingerprint density at radius 2 is 2.05 bits per heavy atom. The van der Waals surface area contributed by atoms with Crippen molar-refractivity contribution in [2.24, 2.45) is 0 Å². The van der Waals surface area contributed by atoms with Gasteiger partial charge in [-0.15, -0.1) is 11.3 Å². The van der Waals surface area contributed by atoms with Gasteiger partial charge in [-0.2, -0.15) is 0 Å². The standard InChI is InChI=1S/C16H18N2OS2/c1-3-11(2)12-7-4-5-8-13(12)17-16(20)18-15(19)14-9-6-10-21-14/h4-11H,3H2,1-2H3,(H2,17,18,19,20)/t11-/m1/s1. The van der Waals surface area contributed by atoms with Crippen molar-refractivity contribution in [3.8, 4) is 0 Å². The molecule has 1 aromatic heterocycles. The summed E-state index contributed by atoms with van der Waals surface area (Å²) in [5.74, 6) is 0.257. The highest BCUT2D eigenvalue weighted by Gasteiger charge is 2.12. The number of hydrogen-bond donors (Lipinski definition) is 2. The summed E-state index contributed by atoms with van der Waals surface area (Å²) in [7, 11) is 0. The molecule has 1 amide bonds. The monoisotopic (exact) mass is 318 g/mol. The van der Waals surface area contributed by atoms with Crippen LogP contribution in [0, 0.1) is 0 Å². The molecule has 0 aliphatic rings. The zero-order valence-corrected chi connectivity index (χ0v) is 13.7. The van der Waals surface area contributed by atoms with Crippen molar-refractivity contribution in [1.82, 2.24) is 5.32 Å². The quantitative estimate of drug-likeness (QED) is 0.822. The van der Waals surface area contributed by atoms with Gasteiger partial charge in [-0.25, -0.2) is 0 Å². The number of benzene rings is 1. The molecule has 0 bridgehead atoms. The van der Waals surface area contributed by atoms with E-state index in [0.717, 1.165) is 12.1 Å². The lowest BCUT2D eigenvalue weighted by Gasteiger charge is -2.16. The average Bonchev–Trinajstić information content (AvgIpc) is 3.01. The molecule has 5 heteroatoms. The lowest BCUT2D eigenvalue weighted by Crippen LogP contribution is -2.34. The zero-order chi connectivity index (χ0) is 15.2. The molecule has 0 aliphatic carbocycles. The molecule has 0 saturated carbocycles. The predicted molar refractivity (Wildman–Crippen MR) is 93.2 cm³/mol. The van der Waals surface area contributed by atoms with Crippen LogP contribution in [0.25, 0.3) is 0 Å². The fourth-order valence-electron chi connectivity index (χ4n) is 1.99. The van der Waals surface area contributed by atoms with Gasteiger partial charge in [0.25, 0.3) is 5.91 Å². The molecule has 0 radical (unpaired) electrons. The van der Waals surface area contributed by atoms with E-state index in [2.05, 4.69) is 30.5 Å². The molecule has 3 nitrogen and oxygen atoms in total. The number of rotatable bonds is 4. The minimum absolute atomic E-state index is 0.177. The summed E-state index contributed by atoms with van der Waals surface area (Å²) >= 11 is 6.62. The van der Waals surface area contributed by atoms with E-state index in [1.54, 1.807) is 6.07 Å². The molecular weight excluding hydrogens is 300 g/mol. The molecule has 1 aromatic carbocycles. The van der Waals surface area contributed by atoms with Gasteiger partial charge in [0.2, 0.25) is 0 Å². The van der Waals surface area contributed by atoms with Gasteiger partial charge < -0.3 is 5.32 Å². The average molecular weight is 318 g/mol. The number of carbonyl (C=O) groups is 1. The van der Waals surface area contributed by atoms with Gasteiger partial charge in [0.05, 0.1) is 4.88 Å². The van der Waals surface area contributed by atoms with Crippen LogP contribution in [-0.4, -0.2) is 11.0 Å². The number of anilines is 1. The van der Waals surface area contributed by atoms with Crippen LogP contribution in [0.5, 0.6) is 0 Å². The molecule has 110 valence electrons. The Hall–Kier alpha value is -1.72. The maximum absolute atomic E-state index is 12.0. The first-order valence-electron chi connectivity index (χ1n) is 6.86. The Labute approximate surface area is 134 Å². The molecule has 0 saturated heterocycles. The van der Waals surface area contributed by atoms with E-state index in [0.29, 0.717) is 15.9 Å².